The highest BCUT2D eigenvalue weighted by atomic mass is 35.5. The van der Waals surface area contributed by atoms with Crippen LogP contribution in [0.1, 0.15) is 21.0 Å². The molecule has 0 saturated carbocycles. The summed E-state index contributed by atoms with van der Waals surface area (Å²) in [5, 5.41) is 0.357. The number of aromatic amines is 2. The van der Waals surface area contributed by atoms with Crippen LogP contribution in [0.4, 0.5) is 0 Å². The molecular weight excluding hydrogens is 307 g/mol. The molecule has 0 bridgehead atoms. The average Bonchev–Trinajstić information content (AvgIpc) is 2.95. The molecule has 106 valence electrons. The number of ether oxygens (including phenoxy) is 2. The quantitative estimate of drug-likeness (QED) is 0.830. The molecule has 0 fully saturated rings. The second-order valence-electron chi connectivity index (χ2n) is 3.76. The van der Waals surface area contributed by atoms with E-state index in [4.69, 9.17) is 32.7 Å². The SMILES string of the molecule is COc1c(C=O)[nH]c(-c2[nH]c(C=O)c(OC)c2Cl)c1Cl. The lowest BCUT2D eigenvalue weighted by atomic mass is 10.3. The predicted octanol–water partition coefficient (Wildman–Crippen LogP) is 2.96. The zero-order chi connectivity index (χ0) is 14.9. The Kier molecular flexibility index (Phi) is 4.06. The second-order valence-corrected chi connectivity index (χ2v) is 4.51. The Bertz CT molecular complexity index is 617. The van der Waals surface area contributed by atoms with Gasteiger partial charge >= 0.3 is 0 Å². The highest BCUT2D eigenvalue weighted by molar-refractivity contribution is 6.38. The number of hydrogen-bond donors (Lipinski definition) is 2. The van der Waals surface area contributed by atoms with Gasteiger partial charge in [-0.3, -0.25) is 9.59 Å². The van der Waals surface area contributed by atoms with Gasteiger partial charge in [-0.15, -0.1) is 0 Å². The molecule has 0 saturated heterocycles. The first-order chi connectivity index (χ1) is 9.58. The molecule has 2 rings (SSSR count). The maximum absolute atomic E-state index is 11.0. The van der Waals surface area contributed by atoms with Crippen LogP contribution in [0, 0.1) is 0 Å². The van der Waals surface area contributed by atoms with E-state index in [1.807, 2.05) is 0 Å². The molecule has 2 heterocycles. The zero-order valence-electron chi connectivity index (χ0n) is 10.5. The third-order valence-corrected chi connectivity index (χ3v) is 3.46. The summed E-state index contributed by atoms with van der Waals surface area (Å²) in [5.74, 6) is 0.405. The van der Waals surface area contributed by atoms with Crippen molar-refractivity contribution in [3.8, 4) is 22.9 Å². The number of aldehydes is 2. The molecular formula is C12H10Cl2N2O4. The van der Waals surface area contributed by atoms with Crippen molar-refractivity contribution < 1.29 is 19.1 Å². The number of aromatic nitrogens is 2. The van der Waals surface area contributed by atoms with Crippen molar-refractivity contribution in [3.05, 3.63) is 21.4 Å². The number of methoxy groups -OCH3 is 2. The molecule has 0 aromatic carbocycles. The molecule has 2 aromatic rings. The Morgan fingerprint density at radius 2 is 1.20 bits per heavy atom. The van der Waals surface area contributed by atoms with E-state index in [0.717, 1.165) is 0 Å². The number of halogens is 2. The lowest BCUT2D eigenvalue weighted by Crippen LogP contribution is -1.86. The van der Waals surface area contributed by atoms with E-state index < -0.39 is 0 Å². The summed E-state index contributed by atoms with van der Waals surface area (Å²) < 4.78 is 10.1. The van der Waals surface area contributed by atoms with Gasteiger partial charge in [0.05, 0.1) is 25.6 Å². The van der Waals surface area contributed by atoms with Crippen molar-refractivity contribution >= 4 is 35.8 Å². The van der Waals surface area contributed by atoms with Gasteiger partial charge in [0.1, 0.15) is 21.4 Å². The van der Waals surface area contributed by atoms with E-state index in [1.165, 1.54) is 14.2 Å². The summed E-state index contributed by atoms with van der Waals surface area (Å²) in [5.41, 5.74) is 1.01. The summed E-state index contributed by atoms with van der Waals surface area (Å²) in [6.07, 6.45) is 1.14. The molecule has 0 amide bonds. The van der Waals surface area contributed by atoms with Crippen molar-refractivity contribution in [2.45, 2.75) is 0 Å². The lowest BCUT2D eigenvalue weighted by molar-refractivity contribution is 0.110. The van der Waals surface area contributed by atoms with Crippen LogP contribution in [-0.2, 0) is 0 Å². The van der Waals surface area contributed by atoms with E-state index in [9.17, 15) is 9.59 Å². The molecule has 8 heteroatoms. The largest absolute Gasteiger partial charge is 0.493 e. The summed E-state index contributed by atoms with van der Waals surface area (Å²) >= 11 is 12.3. The Hall–Kier alpha value is -1.92. The Morgan fingerprint density at radius 1 is 0.850 bits per heavy atom. The van der Waals surface area contributed by atoms with Gasteiger partial charge in [-0.25, -0.2) is 0 Å². The summed E-state index contributed by atoms with van der Waals surface area (Å²) in [7, 11) is 2.78. The van der Waals surface area contributed by atoms with Gasteiger partial charge in [0.2, 0.25) is 0 Å². The monoisotopic (exact) mass is 316 g/mol. The molecule has 6 nitrogen and oxygen atoms in total. The van der Waals surface area contributed by atoms with Gasteiger partial charge in [-0.05, 0) is 0 Å². The maximum Gasteiger partial charge on any atom is 0.170 e. The molecule has 20 heavy (non-hydrogen) atoms. The third-order valence-electron chi connectivity index (χ3n) is 2.74. The fourth-order valence-corrected chi connectivity index (χ4v) is 2.51. The van der Waals surface area contributed by atoms with Crippen molar-refractivity contribution in [3.63, 3.8) is 0 Å². The molecule has 2 N–H and O–H groups in total. The van der Waals surface area contributed by atoms with Crippen molar-refractivity contribution in [1.82, 2.24) is 9.97 Å². The van der Waals surface area contributed by atoms with Crippen LogP contribution in [0.25, 0.3) is 11.4 Å². The van der Waals surface area contributed by atoms with Crippen LogP contribution < -0.4 is 9.47 Å². The van der Waals surface area contributed by atoms with Gasteiger partial charge in [0.25, 0.3) is 0 Å². The van der Waals surface area contributed by atoms with E-state index in [1.54, 1.807) is 0 Å². The van der Waals surface area contributed by atoms with Crippen molar-refractivity contribution in [2.24, 2.45) is 0 Å². The standard InChI is InChI=1S/C12H10Cl2N2O4/c1-19-11-5(3-17)15-9(7(11)13)10-8(14)12(20-2)6(4-18)16-10/h3-4,15-16H,1-2H3. The van der Waals surface area contributed by atoms with Gasteiger partial charge in [-0.1, -0.05) is 23.2 Å². The maximum atomic E-state index is 11.0. The second kappa shape index (κ2) is 5.60. The van der Waals surface area contributed by atoms with Crippen LogP contribution in [-0.4, -0.2) is 36.8 Å². The first-order valence-electron chi connectivity index (χ1n) is 5.40. The van der Waals surface area contributed by atoms with Crippen LogP contribution in [0.2, 0.25) is 10.0 Å². The summed E-state index contributed by atoms with van der Waals surface area (Å²) in [6.45, 7) is 0. The summed E-state index contributed by atoms with van der Waals surface area (Å²) in [6, 6.07) is 0. The molecule has 0 unspecified atom stereocenters. The van der Waals surface area contributed by atoms with Gasteiger partial charge in [0.15, 0.2) is 24.1 Å². The first-order valence-corrected chi connectivity index (χ1v) is 6.16. The minimum atomic E-state index is 0.171. The number of rotatable bonds is 5. The number of carbonyl (C=O) groups is 2. The summed E-state index contributed by atoms with van der Waals surface area (Å²) in [4.78, 5) is 27.5. The fourth-order valence-electron chi connectivity index (χ4n) is 1.87. The lowest BCUT2D eigenvalue weighted by Gasteiger charge is -1.99. The van der Waals surface area contributed by atoms with E-state index in [-0.39, 0.29) is 32.9 Å². The number of carbonyl (C=O) groups excluding carboxylic acids is 2. The molecule has 0 aliphatic heterocycles. The first kappa shape index (κ1) is 14.5. The highest BCUT2D eigenvalue weighted by Crippen LogP contribution is 2.43. The van der Waals surface area contributed by atoms with Crippen LogP contribution in [0.5, 0.6) is 11.5 Å². The van der Waals surface area contributed by atoms with Gasteiger partial charge in [0, 0.05) is 0 Å². The van der Waals surface area contributed by atoms with Crippen LogP contribution in [0.3, 0.4) is 0 Å². The smallest absolute Gasteiger partial charge is 0.170 e. The minimum absolute atomic E-state index is 0.171. The van der Waals surface area contributed by atoms with E-state index in [0.29, 0.717) is 24.0 Å². The normalized spacial score (nSPS) is 10.4. The van der Waals surface area contributed by atoms with E-state index >= 15 is 0 Å². The highest BCUT2D eigenvalue weighted by Gasteiger charge is 2.24. The zero-order valence-corrected chi connectivity index (χ0v) is 12.1. The van der Waals surface area contributed by atoms with E-state index in [2.05, 4.69) is 9.97 Å². The molecule has 0 radical (unpaired) electrons. The number of nitrogens with one attached hydrogen (secondary N) is 2. The van der Waals surface area contributed by atoms with Gasteiger partial charge < -0.3 is 19.4 Å². The average molecular weight is 317 g/mol. The Morgan fingerprint density at radius 3 is 1.40 bits per heavy atom. The van der Waals surface area contributed by atoms with Crippen molar-refractivity contribution in [1.29, 1.82) is 0 Å². The molecule has 0 atom stereocenters. The Labute approximate surface area is 124 Å². The molecule has 0 spiro atoms. The Balaban J connectivity index is 2.69. The topological polar surface area (TPSA) is 84.2 Å². The number of H-pyrrole nitrogens is 2. The van der Waals surface area contributed by atoms with Gasteiger partial charge in [-0.2, -0.15) is 0 Å². The predicted molar refractivity (Wildman–Crippen MR) is 74.5 cm³/mol. The molecule has 2 aromatic heterocycles. The molecule has 0 aliphatic rings. The van der Waals surface area contributed by atoms with Crippen LogP contribution >= 0.6 is 23.2 Å². The van der Waals surface area contributed by atoms with Crippen LogP contribution in [0.15, 0.2) is 0 Å². The minimum Gasteiger partial charge on any atom is -0.493 e. The van der Waals surface area contributed by atoms with Crippen molar-refractivity contribution in [2.75, 3.05) is 14.2 Å². The number of hydrogen-bond acceptors (Lipinski definition) is 4. The fraction of sp³-hybridized carbons (Fsp3) is 0.167. The molecule has 0 aliphatic carbocycles. The third kappa shape index (κ3) is 2.07.